The number of anilines is 2. The van der Waals surface area contributed by atoms with E-state index in [-0.39, 0.29) is 0 Å². The molecule has 0 unspecified atom stereocenters. The molecule has 1 saturated carbocycles. The van der Waals surface area contributed by atoms with Crippen LogP contribution < -0.4 is 10.6 Å². The largest absolute Gasteiger partial charge is 0.396 e. The molecule has 1 aliphatic rings. The van der Waals surface area contributed by atoms with Gasteiger partial charge in [-0.15, -0.1) is 0 Å². The zero-order valence-electron chi connectivity index (χ0n) is 9.78. The molecule has 1 heterocycles. The highest BCUT2D eigenvalue weighted by atomic mass is 79.9. The lowest BCUT2D eigenvalue weighted by Crippen LogP contribution is -2.34. The summed E-state index contributed by atoms with van der Waals surface area (Å²) in [6.07, 6.45) is 4.51. The van der Waals surface area contributed by atoms with E-state index < -0.39 is 0 Å². The van der Waals surface area contributed by atoms with E-state index in [4.69, 9.17) is 5.73 Å². The summed E-state index contributed by atoms with van der Waals surface area (Å²) < 4.78 is 0.934. The lowest BCUT2D eigenvalue weighted by atomic mass is 10.2. The molecule has 0 spiro atoms. The summed E-state index contributed by atoms with van der Waals surface area (Å²) in [7, 11) is 0. The van der Waals surface area contributed by atoms with Crippen LogP contribution in [0.3, 0.4) is 0 Å². The van der Waals surface area contributed by atoms with Crippen molar-refractivity contribution in [2.24, 2.45) is 5.92 Å². The van der Waals surface area contributed by atoms with E-state index in [0.29, 0.717) is 6.04 Å². The normalized spacial score (nSPS) is 15.5. The topological polar surface area (TPSA) is 42.2 Å². The average molecular weight is 284 g/mol. The molecule has 0 atom stereocenters. The lowest BCUT2D eigenvalue weighted by Gasteiger charge is -2.29. The molecule has 1 fully saturated rings. The minimum Gasteiger partial charge on any atom is -0.396 e. The Morgan fingerprint density at radius 2 is 2.25 bits per heavy atom. The van der Waals surface area contributed by atoms with E-state index in [0.717, 1.165) is 28.4 Å². The summed E-state index contributed by atoms with van der Waals surface area (Å²) in [6.45, 7) is 5.45. The second-order valence-corrected chi connectivity index (χ2v) is 5.67. The van der Waals surface area contributed by atoms with Crippen LogP contribution in [-0.2, 0) is 0 Å². The minimum absolute atomic E-state index is 0.441. The van der Waals surface area contributed by atoms with Gasteiger partial charge < -0.3 is 10.6 Å². The van der Waals surface area contributed by atoms with Gasteiger partial charge in [-0.3, -0.25) is 0 Å². The van der Waals surface area contributed by atoms with Crippen LogP contribution in [-0.4, -0.2) is 17.6 Å². The van der Waals surface area contributed by atoms with Crippen molar-refractivity contribution in [3.05, 3.63) is 16.7 Å². The third-order valence-corrected chi connectivity index (χ3v) is 3.34. The first-order valence-electron chi connectivity index (χ1n) is 5.75. The van der Waals surface area contributed by atoms with E-state index in [1.165, 1.54) is 12.8 Å². The van der Waals surface area contributed by atoms with Gasteiger partial charge >= 0.3 is 0 Å². The average Bonchev–Trinajstić information content (AvgIpc) is 2.98. The van der Waals surface area contributed by atoms with Crippen molar-refractivity contribution in [3.63, 3.8) is 0 Å². The number of nitrogens with zero attached hydrogens (tertiary/aromatic N) is 2. The smallest absolute Gasteiger partial charge is 0.152 e. The van der Waals surface area contributed by atoms with E-state index in [1.54, 1.807) is 0 Å². The number of nitrogens with two attached hydrogens (primary N) is 1. The minimum atomic E-state index is 0.441. The molecule has 0 radical (unpaired) electrons. The Morgan fingerprint density at radius 3 is 2.75 bits per heavy atom. The Kier molecular flexibility index (Phi) is 3.38. The van der Waals surface area contributed by atoms with Crippen LogP contribution >= 0.6 is 15.9 Å². The fourth-order valence-corrected chi connectivity index (χ4v) is 2.16. The first-order valence-corrected chi connectivity index (χ1v) is 6.55. The zero-order chi connectivity index (χ0) is 11.7. The highest BCUT2D eigenvalue weighted by Gasteiger charge is 2.27. The van der Waals surface area contributed by atoms with E-state index in [2.05, 4.69) is 39.7 Å². The van der Waals surface area contributed by atoms with Gasteiger partial charge in [0.2, 0.25) is 0 Å². The molecular weight excluding hydrogens is 266 g/mol. The highest BCUT2D eigenvalue weighted by molar-refractivity contribution is 9.10. The van der Waals surface area contributed by atoms with Crippen LogP contribution in [0.4, 0.5) is 11.5 Å². The van der Waals surface area contributed by atoms with Crippen LogP contribution in [0.2, 0.25) is 0 Å². The van der Waals surface area contributed by atoms with Crippen molar-refractivity contribution in [1.29, 1.82) is 0 Å². The molecule has 1 aromatic rings. The van der Waals surface area contributed by atoms with Gasteiger partial charge in [0.25, 0.3) is 0 Å². The standard InChI is InChI=1S/C12H18BrN3/c1-8(2)16(7-9-3-4-9)12-11(14)5-10(13)6-15-12/h5-6,8-9H,3-4,7,14H2,1-2H3. The van der Waals surface area contributed by atoms with Crippen LogP contribution in [0, 0.1) is 5.92 Å². The van der Waals surface area contributed by atoms with Crippen molar-refractivity contribution in [2.75, 3.05) is 17.2 Å². The molecule has 1 aromatic heterocycles. The fraction of sp³-hybridized carbons (Fsp3) is 0.583. The third-order valence-electron chi connectivity index (χ3n) is 2.91. The predicted molar refractivity (Wildman–Crippen MR) is 71.6 cm³/mol. The van der Waals surface area contributed by atoms with E-state index in [1.807, 2.05) is 12.3 Å². The van der Waals surface area contributed by atoms with Crippen molar-refractivity contribution in [1.82, 2.24) is 4.98 Å². The predicted octanol–water partition coefficient (Wildman–Crippen LogP) is 3.05. The molecule has 0 bridgehead atoms. The van der Waals surface area contributed by atoms with Crippen LogP contribution in [0.15, 0.2) is 16.7 Å². The first kappa shape index (κ1) is 11.7. The summed E-state index contributed by atoms with van der Waals surface area (Å²) in [5, 5.41) is 0. The van der Waals surface area contributed by atoms with E-state index >= 15 is 0 Å². The van der Waals surface area contributed by atoms with Gasteiger partial charge in [0.1, 0.15) is 0 Å². The molecule has 0 aliphatic heterocycles. The molecule has 2 N–H and O–H groups in total. The monoisotopic (exact) mass is 283 g/mol. The zero-order valence-corrected chi connectivity index (χ0v) is 11.4. The highest BCUT2D eigenvalue weighted by Crippen LogP contribution is 2.33. The fourth-order valence-electron chi connectivity index (χ4n) is 1.81. The number of nitrogen functional groups attached to an aromatic ring is 1. The maximum absolute atomic E-state index is 6.02. The maximum Gasteiger partial charge on any atom is 0.152 e. The van der Waals surface area contributed by atoms with Crippen molar-refractivity contribution >= 4 is 27.4 Å². The summed E-state index contributed by atoms with van der Waals surface area (Å²) in [6, 6.07) is 2.36. The van der Waals surface area contributed by atoms with Gasteiger partial charge in [-0.25, -0.2) is 4.98 Å². The van der Waals surface area contributed by atoms with Gasteiger partial charge in [0, 0.05) is 23.3 Å². The number of rotatable bonds is 4. The Labute approximate surface area is 105 Å². The van der Waals surface area contributed by atoms with Crippen LogP contribution in [0.25, 0.3) is 0 Å². The summed E-state index contributed by atoms with van der Waals surface area (Å²) in [5.74, 6) is 1.76. The van der Waals surface area contributed by atoms with Gasteiger partial charge in [-0.1, -0.05) is 0 Å². The molecule has 16 heavy (non-hydrogen) atoms. The Hall–Kier alpha value is -0.770. The molecule has 0 amide bonds. The third kappa shape index (κ3) is 2.67. The number of pyridine rings is 1. The van der Waals surface area contributed by atoms with Gasteiger partial charge in [0.05, 0.1) is 5.69 Å². The summed E-state index contributed by atoms with van der Waals surface area (Å²) in [4.78, 5) is 6.74. The number of hydrogen-bond donors (Lipinski definition) is 1. The molecule has 0 aromatic carbocycles. The quantitative estimate of drug-likeness (QED) is 0.924. The van der Waals surface area contributed by atoms with E-state index in [9.17, 15) is 0 Å². The molecular formula is C12H18BrN3. The Bertz CT molecular complexity index is 375. The molecule has 0 saturated heterocycles. The number of hydrogen-bond acceptors (Lipinski definition) is 3. The summed E-state index contributed by atoms with van der Waals surface area (Å²) in [5.41, 5.74) is 6.78. The molecule has 2 rings (SSSR count). The summed E-state index contributed by atoms with van der Waals surface area (Å²) >= 11 is 3.38. The first-order chi connectivity index (χ1) is 7.58. The molecule has 88 valence electrons. The van der Waals surface area contributed by atoms with Crippen LogP contribution in [0.5, 0.6) is 0 Å². The van der Waals surface area contributed by atoms with Gasteiger partial charge in [-0.2, -0.15) is 0 Å². The number of halogens is 1. The van der Waals surface area contributed by atoms with Crippen LogP contribution in [0.1, 0.15) is 26.7 Å². The number of aromatic nitrogens is 1. The van der Waals surface area contributed by atoms with Crippen molar-refractivity contribution < 1.29 is 0 Å². The Morgan fingerprint density at radius 1 is 1.56 bits per heavy atom. The van der Waals surface area contributed by atoms with Crippen molar-refractivity contribution in [3.8, 4) is 0 Å². The van der Waals surface area contributed by atoms with Gasteiger partial charge in [0.15, 0.2) is 5.82 Å². The lowest BCUT2D eigenvalue weighted by molar-refractivity contribution is 0.637. The second kappa shape index (κ2) is 4.62. The second-order valence-electron chi connectivity index (χ2n) is 4.76. The van der Waals surface area contributed by atoms with Gasteiger partial charge in [-0.05, 0) is 54.6 Å². The molecule has 4 heteroatoms. The maximum atomic E-state index is 6.02. The Balaban J connectivity index is 2.22. The van der Waals surface area contributed by atoms with Crippen molar-refractivity contribution in [2.45, 2.75) is 32.7 Å². The molecule has 1 aliphatic carbocycles. The molecule has 3 nitrogen and oxygen atoms in total. The SMILES string of the molecule is CC(C)N(CC1CC1)c1ncc(Br)cc1N.